The van der Waals surface area contributed by atoms with Gasteiger partial charge in [-0.2, -0.15) is 0 Å². The molecule has 0 radical (unpaired) electrons. The van der Waals surface area contributed by atoms with E-state index >= 15 is 0 Å². The minimum Gasteiger partial charge on any atom is -0.372 e. The number of ether oxygens (including phenoxy) is 1. The summed E-state index contributed by atoms with van der Waals surface area (Å²) in [4.78, 5) is 10.8. The minimum absolute atomic E-state index is 0.0194. The first-order valence-corrected chi connectivity index (χ1v) is 4.65. The second-order valence-corrected chi connectivity index (χ2v) is 2.71. The maximum atomic E-state index is 10.8. The summed E-state index contributed by atoms with van der Waals surface area (Å²) in [5, 5.41) is 2.67. The number of amides is 1. The number of hydrogen-bond acceptors (Lipinski definition) is 2. The third-order valence-electron chi connectivity index (χ3n) is 1.50. The molecule has 0 bridgehead atoms. The molecule has 0 aliphatic heterocycles. The predicted octanol–water partition coefficient (Wildman–Crippen LogP) is 1.33. The van der Waals surface area contributed by atoms with Gasteiger partial charge in [0.2, 0.25) is 5.91 Å². The molecule has 0 spiro atoms. The quantitative estimate of drug-likeness (QED) is 0.590. The number of unbranched alkanes of at least 4 members (excludes halogenated alkanes) is 2. The lowest BCUT2D eigenvalue weighted by molar-refractivity contribution is -0.125. The van der Waals surface area contributed by atoms with Crippen LogP contribution in [0.15, 0.2) is 0 Å². The number of rotatable bonds is 7. The van der Waals surface area contributed by atoms with Crippen molar-refractivity contribution in [3.05, 3.63) is 0 Å². The molecule has 0 atom stereocenters. The Kier molecular flexibility index (Phi) is 8.12. The Morgan fingerprint density at radius 2 is 2.08 bits per heavy atom. The summed E-state index contributed by atoms with van der Waals surface area (Å²) >= 11 is 0. The van der Waals surface area contributed by atoms with Crippen molar-refractivity contribution in [1.82, 2.24) is 5.32 Å². The maximum absolute atomic E-state index is 10.8. The number of nitrogens with one attached hydrogen (secondary N) is 1. The van der Waals surface area contributed by atoms with E-state index in [1.54, 1.807) is 0 Å². The Hall–Kier alpha value is -0.570. The average molecular weight is 173 g/mol. The highest BCUT2D eigenvalue weighted by molar-refractivity contribution is 5.77. The molecule has 1 N–H and O–H groups in total. The van der Waals surface area contributed by atoms with Crippen LogP contribution >= 0.6 is 0 Å². The van der Waals surface area contributed by atoms with E-state index in [4.69, 9.17) is 4.74 Å². The summed E-state index contributed by atoms with van der Waals surface area (Å²) in [6, 6.07) is 0. The molecule has 1 amide bonds. The fourth-order valence-corrected chi connectivity index (χ4v) is 0.867. The van der Waals surface area contributed by atoms with Gasteiger partial charge in [-0.05, 0) is 13.3 Å². The van der Waals surface area contributed by atoms with E-state index in [2.05, 4.69) is 12.2 Å². The molecule has 72 valence electrons. The summed E-state index contributed by atoms with van der Waals surface area (Å²) in [6.07, 6.45) is 3.41. The van der Waals surface area contributed by atoms with E-state index in [-0.39, 0.29) is 12.5 Å². The zero-order valence-electron chi connectivity index (χ0n) is 8.06. The van der Waals surface area contributed by atoms with Crippen molar-refractivity contribution < 1.29 is 9.53 Å². The van der Waals surface area contributed by atoms with Crippen LogP contribution in [0.2, 0.25) is 0 Å². The lowest BCUT2D eigenvalue weighted by Gasteiger charge is -2.03. The van der Waals surface area contributed by atoms with Gasteiger partial charge in [-0.25, -0.2) is 0 Å². The van der Waals surface area contributed by atoms with Gasteiger partial charge in [0, 0.05) is 13.2 Å². The van der Waals surface area contributed by atoms with E-state index in [0.29, 0.717) is 13.2 Å². The van der Waals surface area contributed by atoms with Gasteiger partial charge in [0.1, 0.15) is 6.61 Å². The highest BCUT2D eigenvalue weighted by Gasteiger charge is 1.97. The molecule has 0 aliphatic rings. The molecule has 3 heteroatoms. The molecule has 12 heavy (non-hydrogen) atoms. The van der Waals surface area contributed by atoms with Crippen LogP contribution in [-0.2, 0) is 9.53 Å². The van der Waals surface area contributed by atoms with Crippen LogP contribution < -0.4 is 5.32 Å². The van der Waals surface area contributed by atoms with Crippen LogP contribution in [0.3, 0.4) is 0 Å². The van der Waals surface area contributed by atoms with Crippen molar-refractivity contribution in [1.29, 1.82) is 0 Å². The SMILES string of the molecule is CCCCCOCC(=O)NCC. The lowest BCUT2D eigenvalue weighted by Crippen LogP contribution is -2.27. The molecule has 0 aromatic carbocycles. The third-order valence-corrected chi connectivity index (χ3v) is 1.50. The molecule has 0 saturated heterocycles. The topological polar surface area (TPSA) is 38.3 Å². The first-order chi connectivity index (χ1) is 5.81. The normalized spacial score (nSPS) is 9.83. The van der Waals surface area contributed by atoms with Crippen molar-refractivity contribution in [2.45, 2.75) is 33.1 Å². The monoisotopic (exact) mass is 173 g/mol. The Morgan fingerprint density at radius 3 is 2.67 bits per heavy atom. The van der Waals surface area contributed by atoms with Gasteiger partial charge >= 0.3 is 0 Å². The van der Waals surface area contributed by atoms with Gasteiger partial charge in [0.05, 0.1) is 0 Å². The molecular weight excluding hydrogens is 154 g/mol. The second-order valence-electron chi connectivity index (χ2n) is 2.71. The summed E-state index contributed by atoms with van der Waals surface area (Å²) in [6.45, 7) is 5.62. The molecule has 0 aliphatic carbocycles. The molecule has 0 aromatic heterocycles. The molecule has 0 rings (SSSR count). The zero-order chi connectivity index (χ0) is 9.23. The fraction of sp³-hybridized carbons (Fsp3) is 0.889. The first kappa shape index (κ1) is 11.4. The molecular formula is C9H19NO2. The van der Waals surface area contributed by atoms with Crippen LogP contribution in [0, 0.1) is 0 Å². The van der Waals surface area contributed by atoms with E-state index < -0.39 is 0 Å². The summed E-state index contributed by atoms with van der Waals surface area (Å²) in [7, 11) is 0. The van der Waals surface area contributed by atoms with Gasteiger partial charge in [0.15, 0.2) is 0 Å². The van der Waals surface area contributed by atoms with Crippen molar-refractivity contribution >= 4 is 5.91 Å². The van der Waals surface area contributed by atoms with E-state index in [1.165, 1.54) is 12.8 Å². The van der Waals surface area contributed by atoms with Crippen molar-refractivity contribution in [3.63, 3.8) is 0 Å². The Bertz CT molecular complexity index is 115. The van der Waals surface area contributed by atoms with E-state index in [1.807, 2.05) is 6.92 Å². The lowest BCUT2D eigenvalue weighted by atomic mass is 10.3. The zero-order valence-corrected chi connectivity index (χ0v) is 8.06. The highest BCUT2D eigenvalue weighted by atomic mass is 16.5. The van der Waals surface area contributed by atoms with Crippen LogP contribution in [0.1, 0.15) is 33.1 Å². The molecule has 0 heterocycles. The van der Waals surface area contributed by atoms with Gasteiger partial charge < -0.3 is 10.1 Å². The largest absolute Gasteiger partial charge is 0.372 e. The number of carbonyl (C=O) groups excluding carboxylic acids is 1. The summed E-state index contributed by atoms with van der Waals surface area (Å²) in [5.41, 5.74) is 0. The van der Waals surface area contributed by atoms with E-state index in [9.17, 15) is 4.79 Å². The summed E-state index contributed by atoms with van der Waals surface area (Å²) in [5.74, 6) is -0.0194. The van der Waals surface area contributed by atoms with Gasteiger partial charge in [-0.15, -0.1) is 0 Å². The fourth-order valence-electron chi connectivity index (χ4n) is 0.867. The minimum atomic E-state index is -0.0194. The van der Waals surface area contributed by atoms with Crippen molar-refractivity contribution in [2.24, 2.45) is 0 Å². The first-order valence-electron chi connectivity index (χ1n) is 4.65. The molecule has 0 aromatic rings. The summed E-state index contributed by atoms with van der Waals surface area (Å²) < 4.78 is 5.14. The Morgan fingerprint density at radius 1 is 1.33 bits per heavy atom. The molecule has 0 fully saturated rings. The number of hydrogen-bond donors (Lipinski definition) is 1. The third kappa shape index (κ3) is 7.54. The Labute approximate surface area is 74.5 Å². The predicted molar refractivity (Wildman–Crippen MR) is 49.0 cm³/mol. The molecule has 0 saturated carbocycles. The molecule has 0 unspecified atom stereocenters. The van der Waals surface area contributed by atoms with Crippen molar-refractivity contribution in [2.75, 3.05) is 19.8 Å². The average Bonchev–Trinajstić information content (AvgIpc) is 2.05. The van der Waals surface area contributed by atoms with Gasteiger partial charge in [-0.3, -0.25) is 4.79 Å². The number of likely N-dealkylation sites (N-methyl/N-ethyl adjacent to an activating group) is 1. The van der Waals surface area contributed by atoms with Crippen LogP contribution in [0.4, 0.5) is 0 Å². The Balaban J connectivity index is 3.03. The van der Waals surface area contributed by atoms with Crippen LogP contribution in [-0.4, -0.2) is 25.7 Å². The standard InChI is InChI=1S/C9H19NO2/c1-3-5-6-7-12-8-9(11)10-4-2/h3-8H2,1-2H3,(H,10,11). The number of carbonyl (C=O) groups is 1. The van der Waals surface area contributed by atoms with Gasteiger partial charge in [0.25, 0.3) is 0 Å². The van der Waals surface area contributed by atoms with Gasteiger partial charge in [-0.1, -0.05) is 19.8 Å². The molecule has 3 nitrogen and oxygen atoms in total. The maximum Gasteiger partial charge on any atom is 0.245 e. The smallest absolute Gasteiger partial charge is 0.245 e. The highest BCUT2D eigenvalue weighted by Crippen LogP contribution is 1.93. The van der Waals surface area contributed by atoms with Crippen molar-refractivity contribution in [3.8, 4) is 0 Å². The van der Waals surface area contributed by atoms with Crippen LogP contribution in [0.25, 0.3) is 0 Å². The van der Waals surface area contributed by atoms with Crippen LogP contribution in [0.5, 0.6) is 0 Å². The second kappa shape index (κ2) is 8.53. The van der Waals surface area contributed by atoms with E-state index in [0.717, 1.165) is 6.42 Å².